The Morgan fingerprint density at radius 2 is 1.74 bits per heavy atom. The second kappa shape index (κ2) is 10.8. The van der Waals surface area contributed by atoms with E-state index in [0.717, 1.165) is 26.3 Å². The van der Waals surface area contributed by atoms with Crippen LogP contribution in [0.2, 0.25) is 0 Å². The van der Waals surface area contributed by atoms with Crippen molar-refractivity contribution in [3.8, 4) is 5.75 Å². The predicted octanol–water partition coefficient (Wildman–Crippen LogP) is 6.38. The van der Waals surface area contributed by atoms with Crippen LogP contribution in [0, 0.1) is 0 Å². The fourth-order valence-corrected chi connectivity index (χ4v) is 5.48. The lowest BCUT2D eigenvalue weighted by Crippen LogP contribution is -2.39. The first-order valence-corrected chi connectivity index (χ1v) is 13.3. The van der Waals surface area contributed by atoms with Crippen molar-refractivity contribution in [3.63, 3.8) is 0 Å². The second-order valence-corrected chi connectivity index (χ2v) is 11.2. The molecule has 202 valence electrons. The van der Waals surface area contributed by atoms with E-state index in [1.807, 2.05) is 51.1 Å². The van der Waals surface area contributed by atoms with Crippen molar-refractivity contribution in [2.75, 3.05) is 29.6 Å². The number of thiophene rings is 1. The first-order valence-electron chi connectivity index (χ1n) is 12.5. The molecule has 4 aromatic rings. The molecule has 11 heteroatoms. The Morgan fingerprint density at radius 1 is 1.00 bits per heavy atom. The van der Waals surface area contributed by atoms with Crippen LogP contribution in [0.25, 0.3) is 10.2 Å². The molecule has 0 radical (unpaired) electrons. The van der Waals surface area contributed by atoms with Crippen molar-refractivity contribution in [1.82, 2.24) is 14.9 Å². The summed E-state index contributed by atoms with van der Waals surface area (Å²) in [6, 6.07) is 14.2. The summed E-state index contributed by atoms with van der Waals surface area (Å²) >= 11 is 1.57. The fourth-order valence-electron chi connectivity index (χ4n) is 4.27. The minimum absolute atomic E-state index is 0.305. The molecule has 3 N–H and O–H groups in total. The molecular formula is C28H30N6O4S. The summed E-state index contributed by atoms with van der Waals surface area (Å²) in [6.45, 7) is 6.66. The number of aromatic nitrogens is 2. The average molecular weight is 547 g/mol. The molecule has 0 fully saturated rings. The van der Waals surface area contributed by atoms with Crippen LogP contribution < -0.4 is 20.7 Å². The molecule has 0 aliphatic carbocycles. The molecule has 3 amide bonds. The summed E-state index contributed by atoms with van der Waals surface area (Å²) in [5, 5.41) is 9.98. The summed E-state index contributed by atoms with van der Waals surface area (Å²) in [5.41, 5.74) is 2.71. The van der Waals surface area contributed by atoms with Gasteiger partial charge in [0.15, 0.2) is 0 Å². The van der Waals surface area contributed by atoms with E-state index in [1.54, 1.807) is 41.5 Å². The maximum atomic E-state index is 12.6. The van der Waals surface area contributed by atoms with Crippen LogP contribution >= 0.6 is 11.3 Å². The van der Waals surface area contributed by atoms with E-state index in [9.17, 15) is 9.59 Å². The van der Waals surface area contributed by atoms with Crippen LogP contribution in [-0.2, 0) is 17.7 Å². The van der Waals surface area contributed by atoms with Gasteiger partial charge >= 0.3 is 12.1 Å². The minimum Gasteiger partial charge on any atom is -0.497 e. The SMILES string of the molecule is COc1cccc(NC(=O)Nc2ccc(Nc3ncnc4sc5c(c34)CCN(C(=O)OC(C)(C)C)C5)cc2)c1. The highest BCUT2D eigenvalue weighted by Crippen LogP contribution is 2.38. The second-order valence-electron chi connectivity index (χ2n) is 10.1. The largest absolute Gasteiger partial charge is 0.497 e. The normalized spacial score (nSPS) is 13.0. The van der Waals surface area contributed by atoms with Gasteiger partial charge in [0.05, 0.1) is 19.0 Å². The van der Waals surface area contributed by atoms with Gasteiger partial charge < -0.3 is 30.3 Å². The number of nitrogens with zero attached hydrogens (tertiary/aromatic N) is 3. The predicted molar refractivity (Wildman–Crippen MR) is 153 cm³/mol. The van der Waals surface area contributed by atoms with Crippen LogP contribution in [0.4, 0.5) is 32.5 Å². The number of ether oxygens (including phenoxy) is 2. The lowest BCUT2D eigenvalue weighted by Gasteiger charge is -2.30. The molecule has 1 aliphatic heterocycles. The van der Waals surface area contributed by atoms with Gasteiger partial charge in [0.2, 0.25) is 0 Å². The molecule has 3 heterocycles. The number of benzene rings is 2. The van der Waals surface area contributed by atoms with Gasteiger partial charge in [0, 0.05) is 34.6 Å². The van der Waals surface area contributed by atoms with Gasteiger partial charge in [-0.2, -0.15) is 0 Å². The molecule has 0 saturated carbocycles. The highest BCUT2D eigenvalue weighted by molar-refractivity contribution is 7.19. The van der Waals surface area contributed by atoms with Crippen molar-refractivity contribution in [1.29, 1.82) is 0 Å². The maximum absolute atomic E-state index is 12.6. The lowest BCUT2D eigenvalue weighted by atomic mass is 10.1. The number of rotatable bonds is 5. The quantitative estimate of drug-likeness (QED) is 0.266. The molecule has 2 aromatic carbocycles. The van der Waals surface area contributed by atoms with Gasteiger partial charge in [-0.25, -0.2) is 19.6 Å². The van der Waals surface area contributed by atoms with E-state index in [-0.39, 0.29) is 12.1 Å². The van der Waals surface area contributed by atoms with Gasteiger partial charge in [-0.3, -0.25) is 0 Å². The minimum atomic E-state index is -0.537. The molecule has 0 unspecified atom stereocenters. The van der Waals surface area contributed by atoms with Crippen molar-refractivity contribution in [3.05, 3.63) is 65.3 Å². The number of urea groups is 1. The number of carbonyl (C=O) groups is 2. The van der Waals surface area contributed by atoms with Crippen LogP contribution in [-0.4, -0.2) is 46.2 Å². The molecule has 0 atom stereocenters. The summed E-state index contributed by atoms with van der Waals surface area (Å²) in [4.78, 5) is 37.7. The lowest BCUT2D eigenvalue weighted by molar-refractivity contribution is 0.0227. The molecule has 2 aromatic heterocycles. The van der Waals surface area contributed by atoms with E-state index in [0.29, 0.717) is 42.5 Å². The zero-order chi connectivity index (χ0) is 27.6. The topological polar surface area (TPSA) is 118 Å². The zero-order valence-corrected chi connectivity index (χ0v) is 23.0. The van der Waals surface area contributed by atoms with Crippen molar-refractivity contribution >= 4 is 56.6 Å². The van der Waals surface area contributed by atoms with Gasteiger partial charge in [-0.15, -0.1) is 11.3 Å². The Bertz CT molecular complexity index is 1510. The van der Waals surface area contributed by atoms with E-state index in [2.05, 4.69) is 25.9 Å². The molecule has 0 spiro atoms. The number of anilines is 4. The van der Waals surface area contributed by atoms with E-state index >= 15 is 0 Å². The van der Waals surface area contributed by atoms with Gasteiger partial charge in [-0.05, 0) is 69.2 Å². The number of fused-ring (bicyclic) bond motifs is 3. The van der Waals surface area contributed by atoms with Crippen LogP contribution in [0.15, 0.2) is 54.9 Å². The highest BCUT2D eigenvalue weighted by Gasteiger charge is 2.29. The number of hydrogen-bond acceptors (Lipinski definition) is 8. The molecule has 0 saturated heterocycles. The zero-order valence-electron chi connectivity index (χ0n) is 22.2. The van der Waals surface area contributed by atoms with Crippen molar-refractivity contribution in [2.24, 2.45) is 0 Å². The summed E-state index contributed by atoms with van der Waals surface area (Å²) in [5.74, 6) is 1.37. The highest BCUT2D eigenvalue weighted by atomic mass is 32.1. The summed E-state index contributed by atoms with van der Waals surface area (Å²) < 4.78 is 10.7. The number of carbonyl (C=O) groups excluding carboxylic acids is 2. The van der Waals surface area contributed by atoms with E-state index < -0.39 is 5.60 Å². The number of amides is 3. The Morgan fingerprint density at radius 3 is 2.49 bits per heavy atom. The van der Waals surface area contributed by atoms with E-state index in [4.69, 9.17) is 9.47 Å². The number of methoxy groups -OCH3 is 1. The molecule has 39 heavy (non-hydrogen) atoms. The summed E-state index contributed by atoms with van der Waals surface area (Å²) in [6.07, 6.45) is 1.93. The smallest absolute Gasteiger partial charge is 0.410 e. The van der Waals surface area contributed by atoms with E-state index in [1.165, 1.54) is 6.33 Å². The third kappa shape index (κ3) is 6.20. The Balaban J connectivity index is 1.27. The Kier molecular flexibility index (Phi) is 7.25. The third-order valence-corrected chi connectivity index (χ3v) is 7.15. The summed E-state index contributed by atoms with van der Waals surface area (Å²) in [7, 11) is 1.58. The fraction of sp³-hybridized carbons (Fsp3) is 0.286. The standard InChI is InChI=1S/C28H30N6O4S/c1-28(2,3)38-27(36)34-13-12-21-22(15-34)39-25-23(21)24(29-16-30-25)31-17-8-10-18(11-9-17)32-26(35)33-19-6-5-7-20(14-19)37-4/h5-11,14,16H,12-13,15H2,1-4H3,(H,29,30,31)(H2,32,33,35). The van der Waals surface area contributed by atoms with Gasteiger partial charge in [-0.1, -0.05) is 6.07 Å². The van der Waals surface area contributed by atoms with Crippen LogP contribution in [0.3, 0.4) is 0 Å². The van der Waals surface area contributed by atoms with Crippen molar-refractivity contribution < 1.29 is 19.1 Å². The maximum Gasteiger partial charge on any atom is 0.410 e. The molecule has 0 bridgehead atoms. The van der Waals surface area contributed by atoms with Crippen LogP contribution in [0.1, 0.15) is 31.2 Å². The number of hydrogen-bond donors (Lipinski definition) is 3. The first-order chi connectivity index (χ1) is 18.7. The Labute approximate surface area is 230 Å². The molecule has 10 nitrogen and oxygen atoms in total. The number of nitrogens with one attached hydrogen (secondary N) is 3. The van der Waals surface area contributed by atoms with Crippen LogP contribution in [0.5, 0.6) is 5.75 Å². The van der Waals surface area contributed by atoms with Crippen molar-refractivity contribution in [2.45, 2.75) is 39.3 Å². The van der Waals surface area contributed by atoms with Gasteiger partial charge in [0.1, 0.15) is 28.3 Å². The van der Waals surface area contributed by atoms with Gasteiger partial charge in [0.25, 0.3) is 0 Å². The molecular weight excluding hydrogens is 516 g/mol. The molecule has 1 aliphatic rings. The average Bonchev–Trinajstić information content (AvgIpc) is 3.27. The Hall–Kier alpha value is -4.38. The third-order valence-electron chi connectivity index (χ3n) is 6.02. The first kappa shape index (κ1) is 26.2. The molecule has 5 rings (SSSR count). The monoisotopic (exact) mass is 546 g/mol.